The Balaban J connectivity index is 1.46. The van der Waals surface area contributed by atoms with Crippen LogP contribution in [0.15, 0.2) is 0 Å². The number of ether oxygens (including phenoxy) is 3. The molecule has 2 rings (SSSR count). The lowest BCUT2D eigenvalue weighted by Crippen LogP contribution is -2.34. The number of hydrogen-bond donors (Lipinski definition) is 1. The third-order valence-electron chi connectivity index (χ3n) is 4.75. The van der Waals surface area contributed by atoms with Gasteiger partial charge in [0, 0.05) is 6.42 Å². The van der Waals surface area contributed by atoms with Gasteiger partial charge in [0.15, 0.2) is 6.10 Å². The van der Waals surface area contributed by atoms with Gasteiger partial charge in [-0.3, -0.25) is 4.79 Å². The third-order valence-corrected chi connectivity index (χ3v) is 4.75. The van der Waals surface area contributed by atoms with E-state index in [2.05, 4.69) is 6.92 Å². The molecule has 0 radical (unpaired) electrons. The van der Waals surface area contributed by atoms with Crippen molar-refractivity contribution in [1.82, 2.24) is 0 Å². The minimum atomic E-state index is -0.596. The monoisotopic (exact) mass is 328 g/mol. The first kappa shape index (κ1) is 18.7. The first-order valence-corrected chi connectivity index (χ1v) is 9.33. The molecule has 0 bridgehead atoms. The first-order valence-electron chi connectivity index (χ1n) is 9.33. The number of carbonyl (C=O) groups is 1. The highest BCUT2D eigenvalue weighted by atomic mass is 16.6. The highest BCUT2D eigenvalue weighted by Crippen LogP contribution is 2.29. The van der Waals surface area contributed by atoms with E-state index in [1.165, 1.54) is 44.9 Å². The number of rotatable bonds is 11. The zero-order valence-electron chi connectivity index (χ0n) is 14.4. The van der Waals surface area contributed by atoms with Crippen LogP contribution in [-0.2, 0) is 19.0 Å². The van der Waals surface area contributed by atoms with Gasteiger partial charge in [-0.2, -0.15) is 0 Å². The minimum absolute atomic E-state index is 0.174. The molecule has 0 aromatic rings. The zero-order valence-corrected chi connectivity index (χ0v) is 14.4. The van der Waals surface area contributed by atoms with Crippen molar-refractivity contribution in [3.05, 3.63) is 0 Å². The fourth-order valence-corrected chi connectivity index (χ4v) is 3.35. The number of esters is 1. The summed E-state index contributed by atoms with van der Waals surface area (Å²) in [7, 11) is 0. The van der Waals surface area contributed by atoms with Gasteiger partial charge in [0.25, 0.3) is 0 Å². The van der Waals surface area contributed by atoms with Crippen molar-refractivity contribution in [2.24, 2.45) is 0 Å². The molecule has 1 N–H and O–H groups in total. The summed E-state index contributed by atoms with van der Waals surface area (Å²) in [6, 6.07) is 0. The van der Waals surface area contributed by atoms with Crippen LogP contribution in [0.4, 0.5) is 0 Å². The lowest BCUT2D eigenvalue weighted by Gasteiger charge is -2.16. The molecule has 5 heteroatoms. The summed E-state index contributed by atoms with van der Waals surface area (Å²) < 4.78 is 16.3. The summed E-state index contributed by atoms with van der Waals surface area (Å²) >= 11 is 0. The van der Waals surface area contributed by atoms with Crippen LogP contribution in [0, 0.1) is 0 Å². The predicted octanol–water partition coefficient (Wildman–Crippen LogP) is 2.98. The van der Waals surface area contributed by atoms with Crippen LogP contribution in [0.1, 0.15) is 71.1 Å². The first-order chi connectivity index (χ1) is 11.2. The van der Waals surface area contributed by atoms with Gasteiger partial charge in [-0.1, -0.05) is 58.3 Å². The number of carbonyl (C=O) groups excluding carboxylic acids is 1. The second kappa shape index (κ2) is 10.3. The molecule has 2 heterocycles. The predicted molar refractivity (Wildman–Crippen MR) is 87.2 cm³/mol. The molecule has 2 saturated heterocycles. The van der Waals surface area contributed by atoms with Crippen molar-refractivity contribution < 1.29 is 24.1 Å². The van der Waals surface area contributed by atoms with Crippen LogP contribution < -0.4 is 0 Å². The summed E-state index contributed by atoms with van der Waals surface area (Å²) in [5, 5.41) is 9.65. The molecule has 0 aromatic carbocycles. The third kappa shape index (κ3) is 6.05. The molecule has 2 aliphatic rings. The van der Waals surface area contributed by atoms with E-state index in [1.54, 1.807) is 0 Å². The van der Waals surface area contributed by atoms with Crippen molar-refractivity contribution in [3.63, 3.8) is 0 Å². The quantitative estimate of drug-likeness (QED) is 0.466. The van der Waals surface area contributed by atoms with Gasteiger partial charge in [-0.05, 0) is 6.42 Å². The number of unbranched alkanes of at least 4 members (excludes halogenated alkanes) is 8. The maximum atomic E-state index is 11.9. The second-order valence-electron chi connectivity index (χ2n) is 6.77. The summed E-state index contributed by atoms with van der Waals surface area (Å²) in [6.45, 7) is 2.83. The standard InChI is InChI=1S/C18H32O5/c1-2-3-4-5-6-7-8-9-10-11-16(20)23-15-13-22-17-14(19)12-21-18(15)17/h14-15,17-19H,2-13H2,1H3/t14-,15+,17+,18+/m0/s1. The van der Waals surface area contributed by atoms with Crippen LogP contribution in [0.2, 0.25) is 0 Å². The molecule has 0 aliphatic carbocycles. The molecule has 0 saturated carbocycles. The molecule has 0 spiro atoms. The van der Waals surface area contributed by atoms with Crippen molar-refractivity contribution in [1.29, 1.82) is 0 Å². The fraction of sp³-hybridized carbons (Fsp3) is 0.944. The lowest BCUT2D eigenvalue weighted by atomic mass is 10.1. The smallest absolute Gasteiger partial charge is 0.306 e. The Hall–Kier alpha value is -0.650. The molecular formula is C18H32O5. The van der Waals surface area contributed by atoms with Crippen LogP contribution in [0.3, 0.4) is 0 Å². The molecule has 5 nitrogen and oxygen atoms in total. The van der Waals surface area contributed by atoms with Gasteiger partial charge >= 0.3 is 5.97 Å². The van der Waals surface area contributed by atoms with Gasteiger partial charge in [-0.15, -0.1) is 0 Å². The Morgan fingerprint density at radius 1 is 0.957 bits per heavy atom. The van der Waals surface area contributed by atoms with E-state index >= 15 is 0 Å². The Labute approximate surface area is 139 Å². The molecule has 0 amide bonds. The normalized spacial score (nSPS) is 29.7. The van der Waals surface area contributed by atoms with E-state index in [0.29, 0.717) is 13.0 Å². The molecule has 2 aliphatic heterocycles. The highest BCUT2D eigenvalue weighted by Gasteiger charge is 2.48. The van der Waals surface area contributed by atoms with Crippen LogP contribution in [0.25, 0.3) is 0 Å². The van der Waals surface area contributed by atoms with Crippen molar-refractivity contribution in [3.8, 4) is 0 Å². The zero-order chi connectivity index (χ0) is 16.5. The summed E-state index contributed by atoms with van der Waals surface area (Å²) in [4.78, 5) is 11.9. The van der Waals surface area contributed by atoms with Crippen molar-refractivity contribution in [2.75, 3.05) is 13.2 Å². The van der Waals surface area contributed by atoms with E-state index in [-0.39, 0.29) is 30.9 Å². The Morgan fingerprint density at radius 2 is 1.57 bits per heavy atom. The van der Waals surface area contributed by atoms with Gasteiger partial charge in [0.2, 0.25) is 0 Å². The van der Waals surface area contributed by atoms with Crippen LogP contribution in [0.5, 0.6) is 0 Å². The van der Waals surface area contributed by atoms with Crippen molar-refractivity contribution in [2.45, 2.75) is 95.5 Å². The molecule has 2 fully saturated rings. The molecular weight excluding hydrogens is 296 g/mol. The van der Waals surface area contributed by atoms with Gasteiger partial charge in [0.05, 0.1) is 13.2 Å². The second-order valence-corrected chi connectivity index (χ2v) is 6.77. The maximum absolute atomic E-state index is 11.9. The molecule has 134 valence electrons. The van der Waals surface area contributed by atoms with Crippen molar-refractivity contribution >= 4 is 5.97 Å². The fourth-order valence-electron chi connectivity index (χ4n) is 3.35. The van der Waals surface area contributed by atoms with E-state index in [4.69, 9.17) is 14.2 Å². The Morgan fingerprint density at radius 3 is 2.26 bits per heavy atom. The largest absolute Gasteiger partial charge is 0.457 e. The average Bonchev–Trinajstić information content (AvgIpc) is 3.10. The number of fused-ring (bicyclic) bond motifs is 1. The Bertz CT molecular complexity index is 346. The molecule has 0 unspecified atom stereocenters. The van der Waals surface area contributed by atoms with Crippen LogP contribution >= 0.6 is 0 Å². The summed E-state index contributed by atoms with van der Waals surface area (Å²) in [6.07, 6.45) is 9.97. The summed E-state index contributed by atoms with van der Waals surface area (Å²) in [5.74, 6) is -0.174. The van der Waals surface area contributed by atoms with E-state index < -0.39 is 6.10 Å². The number of aliphatic hydroxyl groups is 1. The Kier molecular flexibility index (Phi) is 8.34. The number of hydrogen-bond acceptors (Lipinski definition) is 5. The maximum Gasteiger partial charge on any atom is 0.306 e. The summed E-state index contributed by atoms with van der Waals surface area (Å²) in [5.41, 5.74) is 0. The number of aliphatic hydroxyl groups excluding tert-OH is 1. The molecule has 0 aromatic heterocycles. The molecule has 23 heavy (non-hydrogen) atoms. The molecule has 4 atom stereocenters. The van der Waals surface area contributed by atoms with E-state index in [1.807, 2.05) is 0 Å². The van der Waals surface area contributed by atoms with Gasteiger partial charge < -0.3 is 19.3 Å². The van der Waals surface area contributed by atoms with E-state index in [9.17, 15) is 9.90 Å². The SMILES string of the molecule is CCCCCCCCCCCC(=O)O[C@@H]1CO[C@H]2[C@@H]1OC[C@@H]2O. The minimum Gasteiger partial charge on any atom is -0.457 e. The average molecular weight is 328 g/mol. The lowest BCUT2D eigenvalue weighted by molar-refractivity contribution is -0.153. The van der Waals surface area contributed by atoms with Gasteiger partial charge in [-0.25, -0.2) is 0 Å². The van der Waals surface area contributed by atoms with E-state index in [0.717, 1.165) is 12.8 Å². The topological polar surface area (TPSA) is 65.0 Å². The van der Waals surface area contributed by atoms with Crippen LogP contribution in [-0.4, -0.2) is 48.7 Å². The van der Waals surface area contributed by atoms with Gasteiger partial charge in [0.1, 0.15) is 18.3 Å². The highest BCUT2D eigenvalue weighted by molar-refractivity contribution is 5.69.